The number of rotatable bonds is 5. The molecule has 1 saturated heterocycles. The van der Waals surface area contributed by atoms with Gasteiger partial charge >= 0.3 is 0 Å². The summed E-state index contributed by atoms with van der Waals surface area (Å²) in [5.41, 5.74) is 2.79. The van der Waals surface area contributed by atoms with E-state index >= 15 is 0 Å². The molecule has 6 heteroatoms. The molecule has 3 aromatic carbocycles. The van der Waals surface area contributed by atoms with Crippen LogP contribution in [-0.2, 0) is 16.6 Å². The Labute approximate surface area is 203 Å². The van der Waals surface area contributed by atoms with Crippen molar-refractivity contribution in [3.8, 4) is 5.75 Å². The number of ether oxygens (including phenoxy) is 1. The molecule has 1 fully saturated rings. The van der Waals surface area contributed by atoms with Gasteiger partial charge in [0.25, 0.3) is 11.7 Å². The fraction of sp³-hybridized carbons (Fsp3) is 0.172. The van der Waals surface area contributed by atoms with Gasteiger partial charge < -0.3 is 14.4 Å². The minimum atomic E-state index is -0.793. The first-order valence-electron chi connectivity index (χ1n) is 11.5. The first-order chi connectivity index (χ1) is 16.9. The summed E-state index contributed by atoms with van der Waals surface area (Å²) in [5.74, 6) is -1.05. The van der Waals surface area contributed by atoms with Crippen LogP contribution in [0.25, 0.3) is 16.7 Å². The third kappa shape index (κ3) is 3.87. The van der Waals surface area contributed by atoms with Crippen LogP contribution in [0.4, 0.5) is 5.69 Å². The molecule has 4 aromatic rings. The maximum absolute atomic E-state index is 13.4. The molecule has 1 atom stereocenters. The second-order valence-electron chi connectivity index (χ2n) is 8.91. The monoisotopic (exact) mass is 466 g/mol. The van der Waals surface area contributed by atoms with Crippen molar-refractivity contribution < 1.29 is 19.4 Å². The lowest BCUT2D eigenvalue weighted by molar-refractivity contribution is -0.132. The number of aliphatic hydroxyl groups is 1. The second kappa shape index (κ2) is 8.80. The predicted octanol–water partition coefficient (Wildman–Crippen LogP) is 5.59. The van der Waals surface area contributed by atoms with E-state index in [1.165, 1.54) is 4.90 Å². The molecule has 6 nitrogen and oxygen atoms in total. The van der Waals surface area contributed by atoms with Gasteiger partial charge in [0.15, 0.2) is 0 Å². The predicted molar refractivity (Wildman–Crippen MR) is 136 cm³/mol. The Hall–Kier alpha value is -4.32. The average Bonchev–Trinajstić information content (AvgIpc) is 3.32. The van der Waals surface area contributed by atoms with Gasteiger partial charge in [0, 0.05) is 41.0 Å². The van der Waals surface area contributed by atoms with Gasteiger partial charge in [-0.15, -0.1) is 0 Å². The van der Waals surface area contributed by atoms with Crippen LogP contribution in [0, 0.1) is 0 Å². The number of benzene rings is 3. The number of anilines is 1. The molecule has 176 valence electrons. The highest BCUT2D eigenvalue weighted by atomic mass is 16.5. The van der Waals surface area contributed by atoms with Crippen molar-refractivity contribution in [2.45, 2.75) is 26.0 Å². The number of fused-ring (bicyclic) bond motifs is 1. The fourth-order valence-electron chi connectivity index (χ4n) is 4.72. The van der Waals surface area contributed by atoms with Crippen molar-refractivity contribution in [2.24, 2.45) is 7.05 Å². The van der Waals surface area contributed by atoms with Crippen LogP contribution in [0.5, 0.6) is 5.75 Å². The summed E-state index contributed by atoms with van der Waals surface area (Å²) in [6.45, 7) is 3.83. The van der Waals surface area contributed by atoms with Crippen molar-refractivity contribution in [1.82, 2.24) is 4.57 Å². The summed E-state index contributed by atoms with van der Waals surface area (Å²) >= 11 is 0. The van der Waals surface area contributed by atoms with E-state index in [-0.39, 0.29) is 17.4 Å². The van der Waals surface area contributed by atoms with Crippen LogP contribution in [0.2, 0.25) is 0 Å². The number of amides is 1. The van der Waals surface area contributed by atoms with E-state index in [0.29, 0.717) is 17.0 Å². The largest absolute Gasteiger partial charge is 0.507 e. The molecular weight excluding hydrogens is 440 g/mol. The highest BCUT2D eigenvalue weighted by molar-refractivity contribution is 6.51. The highest BCUT2D eigenvalue weighted by Crippen LogP contribution is 2.44. The minimum absolute atomic E-state index is 0.0493. The van der Waals surface area contributed by atoms with Crippen LogP contribution in [0.3, 0.4) is 0 Å². The lowest BCUT2D eigenvalue weighted by Crippen LogP contribution is -2.29. The number of hydrogen-bond acceptors (Lipinski definition) is 4. The summed E-state index contributed by atoms with van der Waals surface area (Å²) < 4.78 is 7.74. The van der Waals surface area contributed by atoms with E-state index in [2.05, 4.69) is 0 Å². The SMILES string of the molecule is CC(C)Oc1cccc(/C(O)=C2\C(=O)C(=O)N(c3ccccc3)C2c2cn(C)c3ccccc23)c1. The molecule has 0 spiro atoms. The third-order valence-corrected chi connectivity index (χ3v) is 6.18. The van der Waals surface area contributed by atoms with Gasteiger partial charge in [-0.1, -0.05) is 48.5 Å². The molecule has 1 unspecified atom stereocenters. The molecule has 0 radical (unpaired) electrons. The molecule has 1 N–H and O–H groups in total. The first kappa shape index (κ1) is 22.5. The van der Waals surface area contributed by atoms with E-state index in [4.69, 9.17) is 4.74 Å². The number of ketones is 1. The molecule has 1 aromatic heterocycles. The smallest absolute Gasteiger partial charge is 0.300 e. The zero-order valence-electron chi connectivity index (χ0n) is 19.8. The summed E-state index contributed by atoms with van der Waals surface area (Å²) in [5, 5.41) is 12.4. The lowest BCUT2D eigenvalue weighted by atomic mass is 9.94. The number of para-hydroxylation sites is 2. The Morgan fingerprint density at radius 3 is 2.40 bits per heavy atom. The van der Waals surface area contributed by atoms with E-state index in [0.717, 1.165) is 16.5 Å². The Morgan fingerprint density at radius 1 is 0.943 bits per heavy atom. The summed E-state index contributed by atoms with van der Waals surface area (Å²) in [6, 6.07) is 23.1. The van der Waals surface area contributed by atoms with Crippen molar-refractivity contribution in [2.75, 3.05) is 4.90 Å². The van der Waals surface area contributed by atoms with Crippen molar-refractivity contribution >= 4 is 34.0 Å². The first-order valence-corrected chi connectivity index (χ1v) is 11.5. The maximum Gasteiger partial charge on any atom is 0.300 e. The summed E-state index contributed by atoms with van der Waals surface area (Å²) in [4.78, 5) is 28.3. The van der Waals surface area contributed by atoms with Crippen LogP contribution >= 0.6 is 0 Å². The molecule has 2 heterocycles. The number of aliphatic hydroxyl groups excluding tert-OH is 1. The quantitative estimate of drug-likeness (QED) is 0.236. The van der Waals surface area contributed by atoms with Gasteiger partial charge in [0.2, 0.25) is 0 Å². The van der Waals surface area contributed by atoms with Crippen molar-refractivity contribution in [3.63, 3.8) is 0 Å². The van der Waals surface area contributed by atoms with Crippen molar-refractivity contribution in [1.29, 1.82) is 0 Å². The maximum atomic E-state index is 13.4. The molecule has 5 rings (SSSR count). The number of nitrogens with zero attached hydrogens (tertiary/aromatic N) is 2. The normalized spacial score (nSPS) is 17.5. The Balaban J connectivity index is 1.76. The molecule has 0 bridgehead atoms. The lowest BCUT2D eigenvalue weighted by Gasteiger charge is -2.25. The van der Waals surface area contributed by atoms with E-state index in [1.54, 1.807) is 36.4 Å². The number of aromatic nitrogens is 1. The molecule has 1 aliphatic heterocycles. The Morgan fingerprint density at radius 2 is 1.66 bits per heavy atom. The zero-order valence-corrected chi connectivity index (χ0v) is 19.8. The molecular formula is C29H26N2O4. The van der Waals surface area contributed by atoms with Gasteiger partial charge in [-0.3, -0.25) is 14.5 Å². The number of hydrogen-bond donors (Lipinski definition) is 1. The fourth-order valence-corrected chi connectivity index (χ4v) is 4.72. The Kier molecular flexibility index (Phi) is 5.65. The average molecular weight is 467 g/mol. The van der Waals surface area contributed by atoms with Gasteiger partial charge in [0.05, 0.1) is 17.7 Å². The Bertz CT molecular complexity index is 1470. The number of Topliss-reactive ketones (excluding diaryl/α,β-unsaturated/α-hetero) is 1. The molecule has 1 aliphatic rings. The van der Waals surface area contributed by atoms with Crippen LogP contribution < -0.4 is 9.64 Å². The van der Waals surface area contributed by atoms with Gasteiger partial charge in [0.1, 0.15) is 11.5 Å². The number of carbonyl (C=O) groups is 2. The van der Waals surface area contributed by atoms with E-state index < -0.39 is 17.7 Å². The van der Waals surface area contributed by atoms with E-state index in [1.807, 2.05) is 74.1 Å². The minimum Gasteiger partial charge on any atom is -0.507 e. The second-order valence-corrected chi connectivity index (χ2v) is 8.91. The van der Waals surface area contributed by atoms with Gasteiger partial charge in [-0.2, -0.15) is 0 Å². The van der Waals surface area contributed by atoms with Crippen LogP contribution in [0.1, 0.15) is 31.0 Å². The van der Waals surface area contributed by atoms with E-state index in [9.17, 15) is 14.7 Å². The van der Waals surface area contributed by atoms with Gasteiger partial charge in [-0.25, -0.2) is 0 Å². The zero-order chi connectivity index (χ0) is 24.7. The number of carbonyl (C=O) groups excluding carboxylic acids is 2. The highest BCUT2D eigenvalue weighted by Gasteiger charge is 2.47. The summed E-state index contributed by atoms with van der Waals surface area (Å²) in [7, 11) is 1.92. The topological polar surface area (TPSA) is 71.8 Å². The molecule has 1 amide bonds. The summed E-state index contributed by atoms with van der Waals surface area (Å²) in [6.07, 6.45) is 1.87. The molecule has 35 heavy (non-hydrogen) atoms. The molecule has 0 saturated carbocycles. The van der Waals surface area contributed by atoms with Crippen LogP contribution in [0.15, 0.2) is 90.6 Å². The third-order valence-electron chi connectivity index (χ3n) is 6.18. The number of aryl methyl sites for hydroxylation is 1. The standard InChI is InChI=1S/C29H26N2O4/c1-18(2)35-21-13-9-10-19(16-21)27(32)25-26(23-17-30(3)24-15-8-7-14-22(23)24)31(29(34)28(25)33)20-11-5-4-6-12-20/h4-18,26,32H,1-3H3/b27-25+. The molecule has 0 aliphatic carbocycles. The van der Waals surface area contributed by atoms with Crippen molar-refractivity contribution in [3.05, 3.63) is 102 Å². The van der Waals surface area contributed by atoms with Gasteiger partial charge in [-0.05, 0) is 44.2 Å². The van der Waals surface area contributed by atoms with Crippen LogP contribution in [-0.4, -0.2) is 27.5 Å².